The third-order valence-corrected chi connectivity index (χ3v) is 12.4. The molecule has 1 radical (unpaired) electrons. The third kappa shape index (κ3) is 3.53. The van der Waals surface area contributed by atoms with Gasteiger partial charge >= 0.3 is 131 Å². The topological polar surface area (TPSA) is 0 Å². The summed E-state index contributed by atoms with van der Waals surface area (Å²) < 4.78 is 3.35. The van der Waals surface area contributed by atoms with E-state index in [9.17, 15) is 0 Å². The summed E-state index contributed by atoms with van der Waals surface area (Å²) >= 11 is -1.39. The van der Waals surface area contributed by atoms with Crippen molar-refractivity contribution in [3.63, 3.8) is 0 Å². The fourth-order valence-electron chi connectivity index (χ4n) is 2.51. The van der Waals surface area contributed by atoms with Gasteiger partial charge in [-0.05, 0) is 0 Å². The Bertz CT molecular complexity index is 527. The van der Waals surface area contributed by atoms with E-state index < -0.39 is 14.3 Å². The number of rotatable bonds is 4. The fourth-order valence-corrected chi connectivity index (χ4v) is 13.0. The van der Waals surface area contributed by atoms with Gasteiger partial charge in [-0.3, -0.25) is 0 Å². The molecular weight excluding hydrogens is 339 g/mol. The Labute approximate surface area is 130 Å². The van der Waals surface area contributed by atoms with Gasteiger partial charge < -0.3 is 0 Å². The Morgan fingerprint density at radius 3 is 1.35 bits per heavy atom. The molecule has 0 heterocycles. The predicted molar refractivity (Wildman–Crippen MR) is 101 cm³/mol. The molecule has 2 rings (SSSR count). The van der Waals surface area contributed by atoms with Gasteiger partial charge in [0.25, 0.3) is 0 Å². The summed E-state index contributed by atoms with van der Waals surface area (Å²) in [6, 6.07) is 18.3. The van der Waals surface area contributed by atoms with Crippen molar-refractivity contribution in [1.82, 2.24) is 0 Å². The second kappa shape index (κ2) is 7.21. The predicted octanol–water partition coefficient (Wildman–Crippen LogP) is 2.66. The van der Waals surface area contributed by atoms with Crippen molar-refractivity contribution < 1.29 is 0 Å². The SMILES string of the molecule is CP(C)c1cccc[c]1[Ge]([CH3])[c]1ccccc1P(C)C. The van der Waals surface area contributed by atoms with Gasteiger partial charge in [0.2, 0.25) is 0 Å². The molecule has 0 saturated heterocycles. The minimum atomic E-state index is -1.39. The summed E-state index contributed by atoms with van der Waals surface area (Å²) in [6.45, 7) is 9.49. The molecule has 20 heavy (non-hydrogen) atoms. The Morgan fingerprint density at radius 2 is 1.00 bits per heavy atom. The monoisotopic (exact) mass is 363 g/mol. The van der Waals surface area contributed by atoms with Crippen LogP contribution in [0.2, 0.25) is 5.76 Å². The molecule has 0 unspecified atom stereocenters. The van der Waals surface area contributed by atoms with Crippen molar-refractivity contribution in [2.45, 2.75) is 5.76 Å². The molecule has 0 saturated carbocycles. The molecule has 0 amide bonds. The van der Waals surface area contributed by atoms with E-state index in [0.29, 0.717) is 0 Å². The van der Waals surface area contributed by atoms with Crippen LogP contribution in [0.5, 0.6) is 0 Å². The van der Waals surface area contributed by atoms with Crippen molar-refractivity contribution >= 4 is 49.6 Å². The van der Waals surface area contributed by atoms with Crippen LogP contribution in [0.25, 0.3) is 0 Å². The molecule has 0 aliphatic heterocycles. The van der Waals surface area contributed by atoms with Crippen molar-refractivity contribution in [3.05, 3.63) is 48.5 Å². The Morgan fingerprint density at radius 1 is 0.650 bits per heavy atom. The molecule has 0 atom stereocenters. The van der Waals surface area contributed by atoms with Crippen LogP contribution in [-0.2, 0) is 0 Å². The van der Waals surface area contributed by atoms with E-state index in [1.54, 1.807) is 19.4 Å². The molecule has 105 valence electrons. The van der Waals surface area contributed by atoms with E-state index in [4.69, 9.17) is 0 Å². The molecule has 0 fully saturated rings. The van der Waals surface area contributed by atoms with Crippen LogP contribution in [0.4, 0.5) is 0 Å². The summed E-state index contributed by atoms with van der Waals surface area (Å²) in [5, 5.41) is 3.23. The van der Waals surface area contributed by atoms with Crippen LogP contribution in [0.15, 0.2) is 48.5 Å². The fraction of sp³-hybridized carbons (Fsp3) is 0.294. The van der Waals surface area contributed by atoms with E-state index in [1.165, 1.54) is 0 Å². The second-order valence-corrected chi connectivity index (χ2v) is 14.9. The number of benzene rings is 2. The second-order valence-electron chi connectivity index (χ2n) is 5.45. The first kappa shape index (κ1) is 16.2. The van der Waals surface area contributed by atoms with Crippen molar-refractivity contribution in [2.24, 2.45) is 0 Å². The van der Waals surface area contributed by atoms with Crippen LogP contribution in [0.3, 0.4) is 0 Å². The van der Waals surface area contributed by atoms with Crippen LogP contribution in [0.1, 0.15) is 0 Å². The summed E-state index contributed by atoms with van der Waals surface area (Å²) in [6.07, 6.45) is 0. The molecular formula is C17H23GeP2. The minimum absolute atomic E-state index is 0.0172. The van der Waals surface area contributed by atoms with Crippen molar-refractivity contribution in [1.29, 1.82) is 0 Å². The van der Waals surface area contributed by atoms with Gasteiger partial charge in [-0.25, -0.2) is 0 Å². The quantitative estimate of drug-likeness (QED) is 0.580. The van der Waals surface area contributed by atoms with Gasteiger partial charge in [-0.1, -0.05) is 0 Å². The van der Waals surface area contributed by atoms with Gasteiger partial charge in [-0.2, -0.15) is 0 Å². The van der Waals surface area contributed by atoms with Crippen LogP contribution >= 0.6 is 15.8 Å². The van der Waals surface area contributed by atoms with E-state index in [0.717, 1.165) is 0 Å². The summed E-state index contributed by atoms with van der Waals surface area (Å²) in [5.41, 5.74) is 0. The van der Waals surface area contributed by atoms with Crippen LogP contribution < -0.4 is 19.4 Å². The van der Waals surface area contributed by atoms with Gasteiger partial charge in [0.05, 0.1) is 0 Å². The molecule has 0 spiro atoms. The normalized spacial score (nSPS) is 11.6. The zero-order valence-electron chi connectivity index (χ0n) is 13.0. The van der Waals surface area contributed by atoms with E-state index >= 15 is 0 Å². The van der Waals surface area contributed by atoms with Gasteiger partial charge in [-0.15, -0.1) is 0 Å². The van der Waals surface area contributed by atoms with Crippen LogP contribution in [0, 0.1) is 0 Å². The summed E-state index contributed by atoms with van der Waals surface area (Å²) in [4.78, 5) is 0. The summed E-state index contributed by atoms with van der Waals surface area (Å²) in [7, 11) is -0.0344. The summed E-state index contributed by atoms with van der Waals surface area (Å²) in [5.74, 6) is 2.52. The number of hydrogen-bond acceptors (Lipinski definition) is 0. The first-order valence-corrected chi connectivity index (χ1v) is 15.6. The first-order valence-electron chi connectivity index (χ1n) is 6.89. The molecule has 0 N–H and O–H groups in total. The molecule has 0 aliphatic carbocycles. The van der Waals surface area contributed by atoms with Crippen molar-refractivity contribution in [2.75, 3.05) is 26.7 Å². The molecule has 0 nitrogen and oxygen atoms in total. The zero-order valence-corrected chi connectivity index (χ0v) is 16.9. The zero-order chi connectivity index (χ0) is 14.7. The van der Waals surface area contributed by atoms with Crippen molar-refractivity contribution in [3.8, 4) is 0 Å². The van der Waals surface area contributed by atoms with Gasteiger partial charge in [0.1, 0.15) is 0 Å². The molecule has 0 aliphatic rings. The van der Waals surface area contributed by atoms with Crippen LogP contribution in [-0.4, -0.2) is 41.0 Å². The van der Waals surface area contributed by atoms with E-state index in [-0.39, 0.29) is 15.8 Å². The first-order chi connectivity index (χ1) is 9.52. The average Bonchev–Trinajstić information content (AvgIpc) is 2.46. The average molecular weight is 362 g/mol. The molecule has 0 bridgehead atoms. The standard InChI is InChI=1S/C17H23GeP2/c1-18(14-10-6-8-12-16(14)19(2)3)15-11-7-9-13-17(15)20(4)5/h6-13H,1-5H3. The molecule has 0 aromatic heterocycles. The third-order valence-electron chi connectivity index (χ3n) is 3.58. The molecule has 3 heteroatoms. The number of hydrogen-bond donors (Lipinski definition) is 0. The van der Waals surface area contributed by atoms with Gasteiger partial charge in [0.15, 0.2) is 0 Å². The van der Waals surface area contributed by atoms with E-state index in [1.807, 2.05) is 0 Å². The Hall–Kier alpha value is -0.157. The molecule has 2 aromatic carbocycles. The molecule has 2 aromatic rings. The maximum atomic E-state index is 2.52. The maximum absolute atomic E-state index is 2.52. The Balaban J connectivity index is 2.50. The Kier molecular flexibility index (Phi) is 5.85. The van der Waals surface area contributed by atoms with E-state index in [2.05, 4.69) is 80.9 Å². The van der Waals surface area contributed by atoms with Gasteiger partial charge in [0, 0.05) is 0 Å².